The second-order valence-electron chi connectivity index (χ2n) is 5.51. The molecule has 1 unspecified atom stereocenters. The monoisotopic (exact) mass is 280 g/mol. The van der Waals surface area contributed by atoms with Crippen molar-refractivity contribution in [2.75, 3.05) is 32.1 Å². The van der Waals surface area contributed by atoms with E-state index in [0.29, 0.717) is 12.1 Å². The van der Waals surface area contributed by atoms with Gasteiger partial charge in [0, 0.05) is 40.9 Å². The molecule has 1 fully saturated rings. The smallest absolute Gasteiger partial charge is 0.0451 e. The molecule has 0 saturated carbocycles. The molecule has 4 heteroatoms. The Bertz CT molecular complexity index is 398. The second-order valence-corrected chi connectivity index (χ2v) is 7.21. The van der Waals surface area contributed by atoms with Crippen molar-refractivity contribution >= 4 is 10.8 Å². The predicted molar refractivity (Wildman–Crippen MR) is 81.8 cm³/mol. The number of hydrogen-bond donors (Lipinski definition) is 1. The van der Waals surface area contributed by atoms with E-state index in [2.05, 4.69) is 54.6 Å². The molecule has 0 amide bonds. The summed E-state index contributed by atoms with van der Waals surface area (Å²) in [6, 6.07) is 11.5. The van der Waals surface area contributed by atoms with Crippen molar-refractivity contribution in [3.63, 3.8) is 0 Å². The maximum Gasteiger partial charge on any atom is 0.0451 e. The SMILES string of the molecule is CN(C)CC(NC1CCS(=O)CC1)c1ccccc1. The first kappa shape index (κ1) is 14.7. The molecular formula is C15H24N2OS. The molecule has 0 aliphatic carbocycles. The lowest BCUT2D eigenvalue weighted by Gasteiger charge is -2.30. The number of rotatable bonds is 5. The number of nitrogens with zero attached hydrogens (tertiary/aromatic N) is 1. The maximum atomic E-state index is 11.4. The molecule has 1 N–H and O–H groups in total. The van der Waals surface area contributed by atoms with Gasteiger partial charge in [-0.2, -0.15) is 0 Å². The number of hydrogen-bond acceptors (Lipinski definition) is 3. The minimum Gasteiger partial charge on any atom is -0.308 e. The van der Waals surface area contributed by atoms with Gasteiger partial charge in [-0.05, 0) is 32.5 Å². The van der Waals surface area contributed by atoms with Crippen molar-refractivity contribution in [2.24, 2.45) is 0 Å². The third-order valence-electron chi connectivity index (χ3n) is 3.57. The van der Waals surface area contributed by atoms with E-state index in [1.165, 1.54) is 5.56 Å². The average molecular weight is 280 g/mol. The fraction of sp³-hybridized carbons (Fsp3) is 0.600. The zero-order valence-corrected chi connectivity index (χ0v) is 12.7. The first-order chi connectivity index (χ1) is 9.15. The minimum absolute atomic E-state index is 0.354. The van der Waals surface area contributed by atoms with Crippen LogP contribution in [0.25, 0.3) is 0 Å². The van der Waals surface area contributed by atoms with Gasteiger partial charge in [-0.15, -0.1) is 0 Å². The molecule has 1 atom stereocenters. The van der Waals surface area contributed by atoms with Crippen molar-refractivity contribution in [1.29, 1.82) is 0 Å². The van der Waals surface area contributed by atoms with Crippen LogP contribution in [0.3, 0.4) is 0 Å². The summed E-state index contributed by atoms with van der Waals surface area (Å²) in [5, 5.41) is 3.75. The van der Waals surface area contributed by atoms with Crippen molar-refractivity contribution in [3.05, 3.63) is 35.9 Å². The van der Waals surface area contributed by atoms with Crippen LogP contribution in [0.1, 0.15) is 24.4 Å². The van der Waals surface area contributed by atoms with Crippen LogP contribution in [-0.4, -0.2) is 47.3 Å². The summed E-state index contributed by atoms with van der Waals surface area (Å²) >= 11 is 0. The topological polar surface area (TPSA) is 32.3 Å². The van der Waals surface area contributed by atoms with E-state index in [1.54, 1.807) is 0 Å². The Kier molecular flexibility index (Phi) is 5.55. The van der Waals surface area contributed by atoms with Gasteiger partial charge in [-0.3, -0.25) is 4.21 Å². The molecule has 1 aliphatic heterocycles. The zero-order chi connectivity index (χ0) is 13.7. The van der Waals surface area contributed by atoms with Gasteiger partial charge >= 0.3 is 0 Å². The standard InChI is InChI=1S/C15H24N2OS/c1-17(2)12-15(13-6-4-3-5-7-13)16-14-8-10-19(18)11-9-14/h3-7,14-16H,8-12H2,1-2H3. The lowest BCUT2D eigenvalue weighted by molar-refractivity contribution is 0.311. The molecule has 1 heterocycles. The number of likely N-dealkylation sites (N-methyl/N-ethyl adjacent to an activating group) is 1. The summed E-state index contributed by atoms with van der Waals surface area (Å²) in [6.07, 6.45) is 2.06. The summed E-state index contributed by atoms with van der Waals surface area (Å²) in [5.74, 6) is 1.70. The van der Waals surface area contributed by atoms with Crippen LogP contribution in [0.2, 0.25) is 0 Å². The van der Waals surface area contributed by atoms with Gasteiger partial charge in [0.15, 0.2) is 0 Å². The van der Waals surface area contributed by atoms with Crippen LogP contribution in [0.5, 0.6) is 0 Å². The fourth-order valence-corrected chi connectivity index (χ4v) is 3.85. The van der Waals surface area contributed by atoms with E-state index >= 15 is 0 Å². The van der Waals surface area contributed by atoms with Crippen molar-refractivity contribution in [3.8, 4) is 0 Å². The molecule has 1 aromatic carbocycles. The van der Waals surface area contributed by atoms with Gasteiger partial charge in [-0.1, -0.05) is 30.3 Å². The molecule has 0 radical (unpaired) electrons. The van der Waals surface area contributed by atoms with Crippen LogP contribution in [0.15, 0.2) is 30.3 Å². The molecule has 3 nitrogen and oxygen atoms in total. The third kappa shape index (κ3) is 4.71. The lowest BCUT2D eigenvalue weighted by Crippen LogP contribution is -2.41. The number of nitrogens with one attached hydrogen (secondary N) is 1. The molecule has 1 aliphatic rings. The van der Waals surface area contributed by atoms with Crippen LogP contribution < -0.4 is 5.32 Å². The zero-order valence-electron chi connectivity index (χ0n) is 11.8. The summed E-state index contributed by atoms with van der Waals surface area (Å²) in [6.45, 7) is 0.990. The van der Waals surface area contributed by atoms with E-state index in [1.807, 2.05) is 0 Å². The summed E-state index contributed by atoms with van der Waals surface area (Å²) < 4.78 is 11.4. The Morgan fingerprint density at radius 1 is 1.26 bits per heavy atom. The van der Waals surface area contributed by atoms with Gasteiger partial charge in [0.05, 0.1) is 0 Å². The Hall–Kier alpha value is -0.710. The van der Waals surface area contributed by atoms with Crippen LogP contribution in [0.4, 0.5) is 0 Å². The van der Waals surface area contributed by atoms with Crippen LogP contribution in [-0.2, 0) is 10.8 Å². The van der Waals surface area contributed by atoms with Gasteiger partial charge in [0.25, 0.3) is 0 Å². The van der Waals surface area contributed by atoms with Gasteiger partial charge in [0.1, 0.15) is 0 Å². The molecular weight excluding hydrogens is 256 g/mol. The van der Waals surface area contributed by atoms with E-state index in [0.717, 1.165) is 30.9 Å². The van der Waals surface area contributed by atoms with Crippen molar-refractivity contribution in [2.45, 2.75) is 24.9 Å². The van der Waals surface area contributed by atoms with Crippen molar-refractivity contribution in [1.82, 2.24) is 10.2 Å². The van der Waals surface area contributed by atoms with E-state index < -0.39 is 10.8 Å². The van der Waals surface area contributed by atoms with Gasteiger partial charge in [0.2, 0.25) is 0 Å². The third-order valence-corrected chi connectivity index (χ3v) is 4.96. The second kappa shape index (κ2) is 7.17. The van der Waals surface area contributed by atoms with Crippen molar-refractivity contribution < 1.29 is 4.21 Å². The molecule has 2 rings (SSSR count). The number of benzene rings is 1. The first-order valence-corrected chi connectivity index (χ1v) is 8.44. The van der Waals surface area contributed by atoms with Crippen LogP contribution in [0, 0.1) is 0 Å². The summed E-state index contributed by atoms with van der Waals surface area (Å²) in [7, 11) is 3.63. The highest BCUT2D eigenvalue weighted by atomic mass is 32.2. The summed E-state index contributed by atoms with van der Waals surface area (Å²) in [4.78, 5) is 2.21. The van der Waals surface area contributed by atoms with Gasteiger partial charge < -0.3 is 10.2 Å². The average Bonchev–Trinajstić information content (AvgIpc) is 2.41. The highest BCUT2D eigenvalue weighted by molar-refractivity contribution is 7.85. The molecule has 1 aromatic rings. The highest BCUT2D eigenvalue weighted by Gasteiger charge is 2.21. The Morgan fingerprint density at radius 2 is 1.89 bits per heavy atom. The normalized spacial score (nSPS) is 25.4. The minimum atomic E-state index is -0.581. The first-order valence-electron chi connectivity index (χ1n) is 6.96. The highest BCUT2D eigenvalue weighted by Crippen LogP contribution is 2.18. The molecule has 0 bridgehead atoms. The Balaban J connectivity index is 2.00. The molecule has 0 spiro atoms. The molecule has 106 valence electrons. The van der Waals surface area contributed by atoms with Crippen LogP contribution >= 0.6 is 0 Å². The predicted octanol–water partition coefficient (Wildman–Crippen LogP) is 1.79. The van der Waals surface area contributed by atoms with E-state index in [-0.39, 0.29) is 0 Å². The fourth-order valence-electron chi connectivity index (χ4n) is 2.55. The summed E-state index contributed by atoms with van der Waals surface area (Å²) in [5.41, 5.74) is 1.34. The molecule has 1 saturated heterocycles. The van der Waals surface area contributed by atoms with Gasteiger partial charge in [-0.25, -0.2) is 0 Å². The Morgan fingerprint density at radius 3 is 2.47 bits per heavy atom. The molecule has 0 aromatic heterocycles. The molecule has 19 heavy (non-hydrogen) atoms. The quantitative estimate of drug-likeness (QED) is 0.892. The lowest BCUT2D eigenvalue weighted by atomic mass is 10.0. The van der Waals surface area contributed by atoms with E-state index in [9.17, 15) is 4.21 Å². The largest absolute Gasteiger partial charge is 0.308 e. The Labute approximate surface area is 118 Å². The maximum absolute atomic E-state index is 11.4. The van der Waals surface area contributed by atoms with E-state index in [4.69, 9.17) is 0 Å².